The summed E-state index contributed by atoms with van der Waals surface area (Å²) < 4.78 is 18.3. The molecule has 1 heterocycles. The van der Waals surface area contributed by atoms with Crippen molar-refractivity contribution in [2.45, 2.75) is 13.3 Å². The molecule has 0 saturated heterocycles. The van der Waals surface area contributed by atoms with E-state index in [9.17, 15) is 9.46 Å². The predicted molar refractivity (Wildman–Crippen MR) is 72.9 cm³/mol. The van der Waals surface area contributed by atoms with Crippen LogP contribution in [0.25, 0.3) is 10.9 Å². The highest BCUT2D eigenvalue weighted by atomic mass is 31.2. The Morgan fingerprint density at radius 3 is 2.89 bits per heavy atom. The van der Waals surface area contributed by atoms with Crippen molar-refractivity contribution in [1.82, 2.24) is 5.10 Å². The van der Waals surface area contributed by atoms with E-state index in [0.717, 1.165) is 16.5 Å². The van der Waals surface area contributed by atoms with Gasteiger partial charge in [-0.3, -0.25) is 4.57 Å². The maximum absolute atomic E-state index is 11.7. The van der Waals surface area contributed by atoms with Gasteiger partial charge in [0, 0.05) is 10.9 Å². The summed E-state index contributed by atoms with van der Waals surface area (Å²) in [6, 6.07) is 7.77. The van der Waals surface area contributed by atoms with Gasteiger partial charge in [0.25, 0.3) is 0 Å². The lowest BCUT2D eigenvalue weighted by molar-refractivity contribution is -0.728. The molecule has 19 heavy (non-hydrogen) atoms. The summed E-state index contributed by atoms with van der Waals surface area (Å²) in [4.78, 5) is 9.63. The molecular formula is C13H18N2O3P+. The Balaban J connectivity index is 2.28. The van der Waals surface area contributed by atoms with Crippen LogP contribution in [0.2, 0.25) is 0 Å². The van der Waals surface area contributed by atoms with E-state index in [1.807, 2.05) is 37.5 Å². The molecule has 1 aromatic carbocycles. The van der Waals surface area contributed by atoms with Crippen molar-refractivity contribution in [1.29, 1.82) is 0 Å². The van der Waals surface area contributed by atoms with Crippen LogP contribution in [0.1, 0.15) is 12.5 Å². The highest BCUT2D eigenvalue weighted by Gasteiger charge is 2.20. The normalized spacial score (nSPS) is 14.5. The molecule has 2 aromatic rings. The van der Waals surface area contributed by atoms with Crippen LogP contribution in [0.3, 0.4) is 0 Å². The molecule has 1 unspecified atom stereocenters. The lowest BCUT2D eigenvalue weighted by Gasteiger charge is -2.10. The smallest absolute Gasteiger partial charge is 0.324 e. The van der Waals surface area contributed by atoms with E-state index in [0.29, 0.717) is 6.42 Å². The molecule has 0 aliphatic rings. The second kappa shape index (κ2) is 5.78. The van der Waals surface area contributed by atoms with Gasteiger partial charge in [-0.15, -0.1) is 0 Å². The fourth-order valence-corrected chi connectivity index (χ4v) is 3.11. The number of aromatic nitrogens is 2. The Morgan fingerprint density at radius 1 is 1.42 bits per heavy atom. The molecular weight excluding hydrogens is 263 g/mol. The summed E-state index contributed by atoms with van der Waals surface area (Å²) in [5.74, 6) is 0. The molecule has 1 N–H and O–H groups in total. The van der Waals surface area contributed by atoms with Crippen LogP contribution >= 0.6 is 7.60 Å². The Kier molecular flexibility index (Phi) is 4.30. The SMILES string of the molecule is CCOP(=O)(O)CCc1c[n+](C)nc2ccccc12. The fourth-order valence-electron chi connectivity index (χ4n) is 2.05. The number of rotatable bonds is 5. The van der Waals surface area contributed by atoms with Crippen molar-refractivity contribution in [3.05, 3.63) is 36.0 Å². The molecule has 102 valence electrons. The largest absolute Gasteiger partial charge is 0.328 e. The molecule has 5 nitrogen and oxygen atoms in total. The van der Waals surface area contributed by atoms with E-state index in [1.165, 1.54) is 0 Å². The van der Waals surface area contributed by atoms with Crippen molar-refractivity contribution in [3.63, 3.8) is 0 Å². The minimum absolute atomic E-state index is 0.120. The van der Waals surface area contributed by atoms with Gasteiger partial charge in [-0.2, -0.15) is 0 Å². The van der Waals surface area contributed by atoms with Gasteiger partial charge in [-0.05, 0) is 24.5 Å². The summed E-state index contributed by atoms with van der Waals surface area (Å²) in [6.07, 6.45) is 2.49. The zero-order valence-corrected chi connectivity index (χ0v) is 12.0. The molecule has 0 amide bonds. The topological polar surface area (TPSA) is 63.3 Å². The Morgan fingerprint density at radius 2 is 2.16 bits per heavy atom. The minimum atomic E-state index is -3.48. The summed E-state index contributed by atoms with van der Waals surface area (Å²) >= 11 is 0. The van der Waals surface area contributed by atoms with Gasteiger partial charge in [0.1, 0.15) is 5.52 Å². The first-order chi connectivity index (χ1) is 9.02. The molecule has 0 saturated carbocycles. The highest BCUT2D eigenvalue weighted by Crippen LogP contribution is 2.42. The summed E-state index contributed by atoms with van der Waals surface area (Å²) in [5, 5.41) is 5.38. The van der Waals surface area contributed by atoms with Crippen LogP contribution in [0.4, 0.5) is 0 Å². The van der Waals surface area contributed by atoms with E-state index >= 15 is 0 Å². The number of hydrogen-bond donors (Lipinski definition) is 1. The third-order valence-electron chi connectivity index (χ3n) is 2.85. The first kappa shape index (κ1) is 14.1. The van der Waals surface area contributed by atoms with E-state index in [1.54, 1.807) is 11.6 Å². The van der Waals surface area contributed by atoms with E-state index in [2.05, 4.69) is 5.10 Å². The summed E-state index contributed by atoms with van der Waals surface area (Å²) in [5.41, 5.74) is 1.88. The Bertz CT molecular complexity index is 630. The van der Waals surface area contributed by atoms with Gasteiger partial charge in [0.2, 0.25) is 0 Å². The molecule has 2 rings (SSSR count). The standard InChI is InChI=1S/C13H17N2O3P/c1-3-18-19(16,17)9-8-11-10-15(2)14-13-7-5-4-6-12(11)13/h4-7,10H,3,8-9H2,1-2H3/p+1. The second-order valence-electron chi connectivity index (χ2n) is 4.37. The monoisotopic (exact) mass is 281 g/mol. The van der Waals surface area contributed by atoms with E-state index in [-0.39, 0.29) is 12.8 Å². The molecule has 0 bridgehead atoms. The minimum Gasteiger partial charge on any atom is -0.324 e. The molecule has 6 heteroatoms. The Labute approximate surface area is 112 Å². The van der Waals surface area contributed by atoms with Crippen LogP contribution in [0.15, 0.2) is 30.5 Å². The molecule has 0 spiro atoms. The van der Waals surface area contributed by atoms with Gasteiger partial charge < -0.3 is 9.42 Å². The third-order valence-corrected chi connectivity index (χ3v) is 4.30. The van der Waals surface area contributed by atoms with Crippen LogP contribution in [-0.2, 0) is 22.6 Å². The van der Waals surface area contributed by atoms with Crippen LogP contribution in [0, 0.1) is 0 Å². The zero-order chi connectivity index (χ0) is 13.9. The number of fused-ring (bicyclic) bond motifs is 1. The van der Waals surface area contributed by atoms with Crippen molar-refractivity contribution in [2.75, 3.05) is 12.8 Å². The molecule has 0 aliphatic carbocycles. The number of aryl methyl sites for hydroxylation is 2. The van der Waals surface area contributed by atoms with Crippen molar-refractivity contribution < 1.29 is 18.7 Å². The van der Waals surface area contributed by atoms with Crippen molar-refractivity contribution >= 4 is 18.5 Å². The average molecular weight is 281 g/mol. The van der Waals surface area contributed by atoms with Crippen molar-refractivity contribution in [3.8, 4) is 0 Å². The molecule has 0 fully saturated rings. The lowest BCUT2D eigenvalue weighted by atomic mass is 10.1. The summed E-state index contributed by atoms with van der Waals surface area (Å²) in [6.45, 7) is 1.96. The third kappa shape index (κ3) is 3.60. The van der Waals surface area contributed by atoms with E-state index < -0.39 is 7.60 Å². The first-order valence-corrected chi connectivity index (χ1v) is 7.99. The maximum Gasteiger partial charge on any atom is 0.328 e. The highest BCUT2D eigenvalue weighted by molar-refractivity contribution is 7.52. The van der Waals surface area contributed by atoms with Gasteiger partial charge in [-0.1, -0.05) is 22.9 Å². The predicted octanol–water partition coefficient (Wildman–Crippen LogP) is 1.82. The van der Waals surface area contributed by atoms with E-state index in [4.69, 9.17) is 4.52 Å². The number of nitrogens with zero attached hydrogens (tertiary/aromatic N) is 2. The molecule has 0 radical (unpaired) electrons. The molecule has 1 aromatic heterocycles. The van der Waals surface area contributed by atoms with Crippen LogP contribution in [0.5, 0.6) is 0 Å². The average Bonchev–Trinajstić information content (AvgIpc) is 2.36. The van der Waals surface area contributed by atoms with Gasteiger partial charge >= 0.3 is 7.60 Å². The summed E-state index contributed by atoms with van der Waals surface area (Å²) in [7, 11) is -1.64. The molecule has 0 aliphatic heterocycles. The fraction of sp³-hybridized carbons (Fsp3) is 0.385. The van der Waals surface area contributed by atoms with Gasteiger partial charge in [-0.25, -0.2) is 0 Å². The van der Waals surface area contributed by atoms with Gasteiger partial charge in [0.15, 0.2) is 13.2 Å². The lowest BCUT2D eigenvalue weighted by Crippen LogP contribution is -2.33. The van der Waals surface area contributed by atoms with Gasteiger partial charge in [0.05, 0.1) is 12.8 Å². The number of benzene rings is 1. The number of hydrogen-bond acceptors (Lipinski definition) is 3. The quantitative estimate of drug-likeness (QED) is 0.671. The first-order valence-electron chi connectivity index (χ1n) is 6.23. The van der Waals surface area contributed by atoms with Crippen LogP contribution in [-0.4, -0.2) is 22.8 Å². The Hall–Kier alpha value is -1.29. The maximum atomic E-state index is 11.7. The molecule has 1 atom stereocenters. The zero-order valence-electron chi connectivity index (χ0n) is 11.1. The second-order valence-corrected chi connectivity index (χ2v) is 6.35. The van der Waals surface area contributed by atoms with Crippen molar-refractivity contribution in [2.24, 2.45) is 7.05 Å². The van der Waals surface area contributed by atoms with Crippen LogP contribution < -0.4 is 4.68 Å².